The minimum atomic E-state index is -0.892. The molecule has 0 bridgehead atoms. The van der Waals surface area contributed by atoms with Crippen LogP contribution in [0.3, 0.4) is 0 Å². The Morgan fingerprint density at radius 1 is 1.00 bits per heavy atom. The summed E-state index contributed by atoms with van der Waals surface area (Å²) in [6, 6.07) is 16.0. The third kappa shape index (κ3) is 3.92. The lowest BCUT2D eigenvalue weighted by molar-refractivity contribution is -0.137. The normalized spacial score (nSPS) is 13.6. The van der Waals surface area contributed by atoms with Crippen LogP contribution in [0, 0.1) is 0 Å². The second-order valence-electron chi connectivity index (χ2n) is 6.55. The largest absolute Gasteiger partial charge is 0.481 e. The maximum Gasteiger partial charge on any atom is 0.324 e. The molecule has 0 unspecified atom stereocenters. The molecule has 0 atom stereocenters. The number of aromatic nitrogens is 1. The first-order valence-corrected chi connectivity index (χ1v) is 8.84. The molecule has 1 saturated heterocycles. The Morgan fingerprint density at radius 3 is 2.50 bits per heavy atom. The van der Waals surface area contributed by atoms with Crippen LogP contribution in [0.15, 0.2) is 60.9 Å². The summed E-state index contributed by atoms with van der Waals surface area (Å²) in [5.74, 6) is -0.892. The first kappa shape index (κ1) is 19.6. The van der Waals surface area contributed by atoms with Gasteiger partial charge in [-0.25, -0.2) is 4.79 Å². The summed E-state index contributed by atoms with van der Waals surface area (Å²) in [7, 11) is 0. The van der Waals surface area contributed by atoms with Gasteiger partial charge in [-0.05, 0) is 40.8 Å². The van der Waals surface area contributed by atoms with Crippen molar-refractivity contribution in [1.82, 2.24) is 9.88 Å². The molecule has 0 saturated carbocycles. The van der Waals surface area contributed by atoms with Crippen LogP contribution in [-0.4, -0.2) is 46.6 Å². The van der Waals surface area contributed by atoms with Gasteiger partial charge in [-0.15, -0.1) is 12.4 Å². The molecule has 0 aliphatic carbocycles. The molecule has 1 aromatic heterocycles. The Hall–Kier alpha value is -3.12. The average Bonchev–Trinajstić information content (AvgIpc) is 3.06. The van der Waals surface area contributed by atoms with Crippen molar-refractivity contribution >= 4 is 40.9 Å². The van der Waals surface area contributed by atoms with E-state index in [1.54, 1.807) is 16.0 Å². The molecule has 2 heterocycles. The zero-order valence-corrected chi connectivity index (χ0v) is 15.9. The molecule has 0 spiro atoms. The number of aliphatic carboxylic acids is 1. The highest BCUT2D eigenvalue weighted by Crippen LogP contribution is 2.27. The van der Waals surface area contributed by atoms with Gasteiger partial charge < -0.3 is 10.0 Å². The Balaban J connectivity index is 0.00000225. The number of amides is 2. The van der Waals surface area contributed by atoms with E-state index in [2.05, 4.69) is 23.2 Å². The lowest BCUT2D eigenvalue weighted by Gasteiger charge is -2.18. The van der Waals surface area contributed by atoms with Gasteiger partial charge in [-0.1, -0.05) is 24.3 Å². The number of pyridine rings is 1. The average molecular weight is 398 g/mol. The molecule has 0 radical (unpaired) electrons. The minimum Gasteiger partial charge on any atom is -0.481 e. The number of urea groups is 1. The zero-order chi connectivity index (χ0) is 18.8. The summed E-state index contributed by atoms with van der Waals surface area (Å²) in [6.45, 7) is 1.36. The van der Waals surface area contributed by atoms with Crippen LogP contribution < -0.4 is 4.90 Å². The number of carboxylic acids is 1. The fourth-order valence-electron chi connectivity index (χ4n) is 3.36. The number of carbonyl (C=O) groups is 2. The molecule has 1 N–H and O–H groups in total. The van der Waals surface area contributed by atoms with E-state index in [4.69, 9.17) is 5.11 Å². The van der Waals surface area contributed by atoms with Gasteiger partial charge in [0.15, 0.2) is 0 Å². The van der Waals surface area contributed by atoms with E-state index in [-0.39, 0.29) is 31.4 Å². The number of carbonyl (C=O) groups excluding carboxylic acids is 1. The molecule has 1 fully saturated rings. The molecule has 2 aromatic carbocycles. The molecule has 144 valence electrons. The molecule has 6 nitrogen and oxygen atoms in total. The molecule has 2 amide bonds. The van der Waals surface area contributed by atoms with Crippen molar-refractivity contribution in [2.24, 2.45) is 0 Å². The number of carboxylic acid groups (broad SMARTS) is 1. The van der Waals surface area contributed by atoms with E-state index in [1.807, 2.05) is 36.5 Å². The smallest absolute Gasteiger partial charge is 0.324 e. The summed E-state index contributed by atoms with van der Waals surface area (Å²) in [5.41, 5.74) is 3.01. The Morgan fingerprint density at radius 2 is 1.75 bits per heavy atom. The maximum atomic E-state index is 12.5. The van der Waals surface area contributed by atoms with Crippen molar-refractivity contribution in [3.63, 3.8) is 0 Å². The SMILES string of the molecule is Cl.O=C(O)CCN1CCN(c2ccc(-c3ccc4cnccc4c3)cc2)C1=O. The van der Waals surface area contributed by atoms with Crippen molar-refractivity contribution < 1.29 is 14.7 Å². The van der Waals surface area contributed by atoms with Crippen molar-refractivity contribution in [2.45, 2.75) is 6.42 Å². The second kappa shape index (κ2) is 8.27. The summed E-state index contributed by atoms with van der Waals surface area (Å²) < 4.78 is 0. The van der Waals surface area contributed by atoms with Gasteiger partial charge in [0.2, 0.25) is 0 Å². The van der Waals surface area contributed by atoms with E-state index in [1.165, 1.54) is 0 Å². The van der Waals surface area contributed by atoms with E-state index >= 15 is 0 Å². The predicted molar refractivity (Wildman–Crippen MR) is 111 cm³/mol. The third-order valence-corrected chi connectivity index (χ3v) is 4.84. The maximum absolute atomic E-state index is 12.5. The van der Waals surface area contributed by atoms with Gasteiger partial charge >= 0.3 is 12.0 Å². The molecular weight excluding hydrogens is 378 g/mol. The van der Waals surface area contributed by atoms with Crippen LogP contribution in [0.25, 0.3) is 21.9 Å². The van der Waals surface area contributed by atoms with Crippen LogP contribution in [-0.2, 0) is 4.79 Å². The summed E-state index contributed by atoms with van der Waals surface area (Å²) in [6.07, 6.45) is 3.59. The van der Waals surface area contributed by atoms with Gasteiger partial charge in [0.25, 0.3) is 0 Å². The fourth-order valence-corrected chi connectivity index (χ4v) is 3.36. The third-order valence-electron chi connectivity index (χ3n) is 4.84. The number of halogens is 1. The van der Waals surface area contributed by atoms with Crippen molar-refractivity contribution in [3.8, 4) is 11.1 Å². The van der Waals surface area contributed by atoms with Crippen LogP contribution in [0.1, 0.15) is 6.42 Å². The highest BCUT2D eigenvalue weighted by molar-refractivity contribution is 5.94. The number of anilines is 1. The minimum absolute atomic E-state index is 0. The van der Waals surface area contributed by atoms with Gasteiger partial charge in [0.1, 0.15) is 0 Å². The Kier molecular flexibility index (Phi) is 5.80. The molecule has 7 heteroatoms. The van der Waals surface area contributed by atoms with Crippen molar-refractivity contribution in [3.05, 3.63) is 60.9 Å². The highest BCUT2D eigenvalue weighted by atomic mass is 35.5. The van der Waals surface area contributed by atoms with Gasteiger partial charge in [0, 0.05) is 43.1 Å². The first-order valence-electron chi connectivity index (χ1n) is 8.84. The summed E-state index contributed by atoms with van der Waals surface area (Å²) >= 11 is 0. The topological polar surface area (TPSA) is 73.7 Å². The predicted octanol–water partition coefficient (Wildman–Crippen LogP) is 4.04. The van der Waals surface area contributed by atoms with Crippen LogP contribution in [0.5, 0.6) is 0 Å². The summed E-state index contributed by atoms with van der Waals surface area (Å²) in [4.78, 5) is 30.6. The molecule has 3 aromatic rings. The monoisotopic (exact) mass is 397 g/mol. The number of fused-ring (bicyclic) bond motifs is 1. The fraction of sp³-hybridized carbons (Fsp3) is 0.190. The number of benzene rings is 2. The van der Waals surface area contributed by atoms with Crippen molar-refractivity contribution in [1.29, 1.82) is 0 Å². The second-order valence-corrected chi connectivity index (χ2v) is 6.55. The van der Waals surface area contributed by atoms with E-state index < -0.39 is 5.97 Å². The standard InChI is InChI=1S/C21H19N3O3.ClH/c25-20(26)8-10-23-11-12-24(21(23)27)19-5-3-15(4-6-19)16-1-2-18-14-22-9-7-17(18)13-16;/h1-7,9,13-14H,8,10-12H2,(H,25,26);1H. The number of nitrogens with zero attached hydrogens (tertiary/aromatic N) is 3. The van der Waals surface area contributed by atoms with Crippen LogP contribution >= 0.6 is 12.4 Å². The molecule has 28 heavy (non-hydrogen) atoms. The van der Waals surface area contributed by atoms with Gasteiger partial charge in [-0.3, -0.25) is 14.7 Å². The number of rotatable bonds is 5. The molecular formula is C21H20ClN3O3. The highest BCUT2D eigenvalue weighted by Gasteiger charge is 2.29. The quantitative estimate of drug-likeness (QED) is 0.705. The van der Waals surface area contributed by atoms with Gasteiger partial charge in [-0.2, -0.15) is 0 Å². The van der Waals surface area contributed by atoms with Crippen molar-refractivity contribution in [2.75, 3.05) is 24.5 Å². The zero-order valence-electron chi connectivity index (χ0n) is 15.1. The summed E-state index contributed by atoms with van der Waals surface area (Å²) in [5, 5.41) is 11.0. The molecule has 1 aliphatic heterocycles. The Bertz CT molecular complexity index is 1010. The molecule has 4 rings (SSSR count). The van der Waals surface area contributed by atoms with Crippen LogP contribution in [0.2, 0.25) is 0 Å². The lowest BCUT2D eigenvalue weighted by atomic mass is 10.0. The van der Waals surface area contributed by atoms with E-state index in [9.17, 15) is 9.59 Å². The van der Waals surface area contributed by atoms with Crippen LogP contribution in [0.4, 0.5) is 10.5 Å². The molecule has 1 aliphatic rings. The van der Waals surface area contributed by atoms with E-state index in [0.717, 1.165) is 27.6 Å². The first-order chi connectivity index (χ1) is 13.1. The van der Waals surface area contributed by atoms with E-state index in [0.29, 0.717) is 13.1 Å². The lowest BCUT2D eigenvalue weighted by Crippen LogP contribution is -2.33. The number of hydrogen-bond acceptors (Lipinski definition) is 3. The Labute approximate surface area is 168 Å². The van der Waals surface area contributed by atoms with Gasteiger partial charge in [0.05, 0.1) is 6.42 Å². The number of hydrogen-bond donors (Lipinski definition) is 1.